The van der Waals surface area contributed by atoms with Crippen molar-refractivity contribution in [3.8, 4) is 0 Å². The van der Waals surface area contributed by atoms with Gasteiger partial charge in [0.05, 0.1) is 17.9 Å². The summed E-state index contributed by atoms with van der Waals surface area (Å²) in [6.07, 6.45) is 5.10. The molecule has 1 saturated heterocycles. The lowest BCUT2D eigenvalue weighted by atomic mass is 10.1. The maximum atomic E-state index is 6.06. The molecule has 0 unspecified atom stereocenters. The van der Waals surface area contributed by atoms with E-state index in [4.69, 9.17) is 11.6 Å². The molecule has 23 heavy (non-hydrogen) atoms. The first-order chi connectivity index (χ1) is 11.3. The molecule has 0 bridgehead atoms. The number of aromatic nitrogens is 4. The van der Waals surface area contributed by atoms with Crippen molar-refractivity contribution in [2.45, 2.75) is 0 Å². The number of nitrogens with zero attached hydrogens (tertiary/aromatic N) is 6. The molecule has 0 saturated carbocycles. The van der Waals surface area contributed by atoms with Crippen LogP contribution in [0.25, 0.3) is 10.9 Å². The molecule has 0 spiro atoms. The molecule has 7 heteroatoms. The first-order valence-electron chi connectivity index (χ1n) is 7.49. The highest BCUT2D eigenvalue weighted by Crippen LogP contribution is 2.28. The minimum absolute atomic E-state index is 0.693. The summed E-state index contributed by atoms with van der Waals surface area (Å²) >= 11 is 6.06. The second-order valence-electron chi connectivity index (χ2n) is 5.41. The van der Waals surface area contributed by atoms with Crippen LogP contribution in [0.4, 0.5) is 11.6 Å². The van der Waals surface area contributed by atoms with Gasteiger partial charge in [0.1, 0.15) is 0 Å². The van der Waals surface area contributed by atoms with Crippen LogP contribution in [0.2, 0.25) is 5.02 Å². The molecule has 4 rings (SSSR count). The Balaban J connectivity index is 1.57. The van der Waals surface area contributed by atoms with Crippen LogP contribution in [0.15, 0.2) is 42.9 Å². The standard InChI is InChI=1S/C16H15ClN6/c17-12-1-2-13-14(11-12)18-4-3-15(13)22-7-9-23(10-8-22)16-19-5-6-20-21-16/h1-6,11H,7-10H2. The third kappa shape index (κ3) is 2.77. The van der Waals surface area contributed by atoms with E-state index in [-0.39, 0.29) is 0 Å². The SMILES string of the molecule is Clc1ccc2c(N3CCN(c4nccnn4)CC3)ccnc2c1. The van der Waals surface area contributed by atoms with E-state index in [1.165, 1.54) is 5.69 Å². The Bertz CT molecular complexity index is 817. The van der Waals surface area contributed by atoms with Gasteiger partial charge in [-0.3, -0.25) is 4.98 Å². The van der Waals surface area contributed by atoms with Gasteiger partial charge in [0.25, 0.3) is 0 Å². The zero-order valence-corrected chi connectivity index (χ0v) is 13.2. The third-order valence-electron chi connectivity index (χ3n) is 4.06. The van der Waals surface area contributed by atoms with E-state index in [0.717, 1.165) is 37.1 Å². The maximum Gasteiger partial charge on any atom is 0.245 e. The summed E-state index contributed by atoms with van der Waals surface area (Å²) in [5, 5.41) is 9.82. The number of hydrogen-bond acceptors (Lipinski definition) is 6. The Kier molecular flexibility index (Phi) is 3.67. The average molecular weight is 327 g/mol. The lowest BCUT2D eigenvalue weighted by Crippen LogP contribution is -2.47. The highest BCUT2D eigenvalue weighted by Gasteiger charge is 2.20. The highest BCUT2D eigenvalue weighted by atomic mass is 35.5. The molecule has 1 aliphatic rings. The maximum absolute atomic E-state index is 6.06. The predicted molar refractivity (Wildman–Crippen MR) is 91.0 cm³/mol. The number of fused-ring (bicyclic) bond motifs is 1. The number of benzene rings is 1. The van der Waals surface area contributed by atoms with Crippen molar-refractivity contribution in [2.24, 2.45) is 0 Å². The van der Waals surface area contributed by atoms with E-state index in [1.807, 2.05) is 24.4 Å². The smallest absolute Gasteiger partial charge is 0.245 e. The van der Waals surface area contributed by atoms with E-state index < -0.39 is 0 Å². The minimum atomic E-state index is 0.693. The topological polar surface area (TPSA) is 58.0 Å². The van der Waals surface area contributed by atoms with Crippen molar-refractivity contribution in [3.63, 3.8) is 0 Å². The molecule has 1 aromatic carbocycles. The van der Waals surface area contributed by atoms with Crippen molar-refractivity contribution in [2.75, 3.05) is 36.0 Å². The van der Waals surface area contributed by atoms with Gasteiger partial charge in [-0.2, -0.15) is 5.10 Å². The summed E-state index contributed by atoms with van der Waals surface area (Å²) in [7, 11) is 0. The Morgan fingerprint density at radius 1 is 0.870 bits per heavy atom. The first kappa shape index (κ1) is 14.1. The monoisotopic (exact) mass is 326 g/mol. The molecule has 2 aromatic heterocycles. The number of rotatable bonds is 2. The van der Waals surface area contributed by atoms with Gasteiger partial charge < -0.3 is 9.80 Å². The van der Waals surface area contributed by atoms with Gasteiger partial charge in [-0.25, -0.2) is 4.98 Å². The van der Waals surface area contributed by atoms with Crippen LogP contribution in [0.3, 0.4) is 0 Å². The summed E-state index contributed by atoms with van der Waals surface area (Å²) in [4.78, 5) is 13.2. The Morgan fingerprint density at radius 3 is 2.48 bits per heavy atom. The number of anilines is 2. The second kappa shape index (κ2) is 5.96. The molecule has 0 aliphatic carbocycles. The third-order valence-corrected chi connectivity index (χ3v) is 4.29. The lowest BCUT2D eigenvalue weighted by molar-refractivity contribution is 0.636. The molecule has 0 atom stereocenters. The molecule has 0 amide bonds. The van der Waals surface area contributed by atoms with Crippen LogP contribution in [0.1, 0.15) is 0 Å². The molecule has 1 fully saturated rings. The molecule has 6 nitrogen and oxygen atoms in total. The minimum Gasteiger partial charge on any atom is -0.367 e. The first-order valence-corrected chi connectivity index (χ1v) is 7.87. The number of hydrogen-bond donors (Lipinski definition) is 0. The van der Waals surface area contributed by atoms with E-state index in [1.54, 1.807) is 12.4 Å². The summed E-state index contributed by atoms with van der Waals surface area (Å²) < 4.78 is 0. The lowest BCUT2D eigenvalue weighted by Gasteiger charge is -2.36. The van der Waals surface area contributed by atoms with Crippen molar-refractivity contribution < 1.29 is 0 Å². The quantitative estimate of drug-likeness (QED) is 0.720. The summed E-state index contributed by atoms with van der Waals surface area (Å²) in [6.45, 7) is 3.53. The number of halogens is 1. The van der Waals surface area contributed by atoms with Gasteiger partial charge in [-0.15, -0.1) is 5.10 Å². The van der Waals surface area contributed by atoms with Crippen molar-refractivity contribution in [3.05, 3.63) is 47.9 Å². The van der Waals surface area contributed by atoms with Crippen LogP contribution in [0, 0.1) is 0 Å². The normalized spacial score (nSPS) is 15.2. The molecule has 1 aliphatic heterocycles. The van der Waals surface area contributed by atoms with Gasteiger partial charge in [0.2, 0.25) is 5.95 Å². The molecule has 3 heterocycles. The van der Waals surface area contributed by atoms with Crippen LogP contribution in [-0.4, -0.2) is 46.3 Å². The van der Waals surface area contributed by atoms with Crippen molar-refractivity contribution in [1.29, 1.82) is 0 Å². The van der Waals surface area contributed by atoms with Gasteiger partial charge in [0.15, 0.2) is 0 Å². The second-order valence-corrected chi connectivity index (χ2v) is 5.84. The number of pyridine rings is 1. The fraction of sp³-hybridized carbons (Fsp3) is 0.250. The van der Waals surface area contributed by atoms with Gasteiger partial charge in [0, 0.05) is 48.5 Å². The Labute approximate surface area is 138 Å². The largest absolute Gasteiger partial charge is 0.367 e. The van der Waals surface area contributed by atoms with Crippen LogP contribution in [-0.2, 0) is 0 Å². The molecule has 116 valence electrons. The summed E-state index contributed by atoms with van der Waals surface area (Å²) in [6, 6.07) is 7.91. The Morgan fingerprint density at radius 2 is 1.70 bits per heavy atom. The molecule has 0 radical (unpaired) electrons. The van der Waals surface area contributed by atoms with E-state index in [9.17, 15) is 0 Å². The Hall–Kier alpha value is -2.47. The van der Waals surface area contributed by atoms with Gasteiger partial charge in [-0.05, 0) is 24.3 Å². The van der Waals surface area contributed by atoms with E-state index in [0.29, 0.717) is 11.0 Å². The fourth-order valence-corrected chi connectivity index (χ4v) is 3.08. The van der Waals surface area contributed by atoms with Crippen LogP contribution >= 0.6 is 11.6 Å². The van der Waals surface area contributed by atoms with Gasteiger partial charge in [-0.1, -0.05) is 11.6 Å². The van der Waals surface area contributed by atoms with Crippen molar-refractivity contribution in [1.82, 2.24) is 20.2 Å². The summed E-state index contributed by atoms with van der Waals surface area (Å²) in [5.41, 5.74) is 2.12. The van der Waals surface area contributed by atoms with Gasteiger partial charge >= 0.3 is 0 Å². The van der Waals surface area contributed by atoms with Crippen LogP contribution in [0.5, 0.6) is 0 Å². The molecule has 3 aromatic rings. The fourth-order valence-electron chi connectivity index (χ4n) is 2.91. The average Bonchev–Trinajstić information content (AvgIpc) is 2.62. The zero-order chi connectivity index (χ0) is 15.6. The molecular formula is C16H15ClN6. The zero-order valence-electron chi connectivity index (χ0n) is 12.4. The molecular weight excluding hydrogens is 312 g/mol. The number of piperazine rings is 1. The highest BCUT2D eigenvalue weighted by molar-refractivity contribution is 6.31. The van der Waals surface area contributed by atoms with E-state index >= 15 is 0 Å². The van der Waals surface area contributed by atoms with Crippen molar-refractivity contribution >= 4 is 34.1 Å². The molecule has 0 N–H and O–H groups in total. The summed E-state index contributed by atoms with van der Waals surface area (Å²) in [5.74, 6) is 0.693. The van der Waals surface area contributed by atoms with Crippen LogP contribution < -0.4 is 9.80 Å². The predicted octanol–water partition coefficient (Wildman–Crippen LogP) is 2.40. The van der Waals surface area contributed by atoms with E-state index in [2.05, 4.69) is 36.0 Å².